The van der Waals surface area contributed by atoms with Crippen LogP contribution in [0.1, 0.15) is 50.4 Å². The predicted molar refractivity (Wildman–Crippen MR) is 84.6 cm³/mol. The molecule has 2 N–H and O–H groups in total. The van der Waals surface area contributed by atoms with Gasteiger partial charge in [-0.15, -0.1) is 0 Å². The number of hydrogen-bond donors (Lipinski definition) is 1. The number of benzene rings is 1. The van der Waals surface area contributed by atoms with Gasteiger partial charge in [0.25, 0.3) is 0 Å². The Balaban J connectivity index is 2.09. The molecule has 0 aliphatic heterocycles. The zero-order chi connectivity index (χ0) is 14.9. The first-order valence-electron chi connectivity index (χ1n) is 7.03. The van der Waals surface area contributed by atoms with E-state index in [4.69, 9.17) is 10.5 Å². The number of halogens is 1. The van der Waals surface area contributed by atoms with Crippen LogP contribution in [0.4, 0.5) is 5.69 Å². The summed E-state index contributed by atoms with van der Waals surface area (Å²) < 4.78 is 6.42. The van der Waals surface area contributed by atoms with Gasteiger partial charge in [0.15, 0.2) is 0 Å². The van der Waals surface area contributed by atoms with Crippen LogP contribution in [0.5, 0.6) is 0 Å². The zero-order valence-corrected chi connectivity index (χ0v) is 13.9. The average Bonchev–Trinajstić information content (AvgIpc) is 2.29. The molecule has 0 amide bonds. The van der Waals surface area contributed by atoms with Crippen LogP contribution < -0.4 is 5.73 Å². The van der Waals surface area contributed by atoms with Crippen LogP contribution in [0.3, 0.4) is 0 Å². The highest BCUT2D eigenvalue weighted by molar-refractivity contribution is 9.10. The highest BCUT2D eigenvalue weighted by Crippen LogP contribution is 2.40. The molecule has 3 nitrogen and oxygen atoms in total. The number of carbonyl (C=O) groups excluding carboxylic acids is 1. The van der Waals surface area contributed by atoms with Crippen LogP contribution in [0.25, 0.3) is 0 Å². The highest BCUT2D eigenvalue weighted by Gasteiger charge is 2.34. The quantitative estimate of drug-likeness (QED) is 0.641. The van der Waals surface area contributed by atoms with E-state index in [0.717, 1.165) is 17.3 Å². The van der Waals surface area contributed by atoms with Crippen molar-refractivity contribution in [1.82, 2.24) is 0 Å². The van der Waals surface area contributed by atoms with Crippen LogP contribution >= 0.6 is 15.9 Å². The minimum Gasteiger partial charge on any atom is -0.459 e. The van der Waals surface area contributed by atoms with E-state index in [2.05, 4.69) is 36.7 Å². The third kappa shape index (κ3) is 3.75. The number of carbonyl (C=O) groups is 1. The minimum atomic E-state index is -0.293. The first kappa shape index (κ1) is 15.4. The van der Waals surface area contributed by atoms with Gasteiger partial charge in [-0.25, -0.2) is 4.79 Å². The third-order valence-corrected chi connectivity index (χ3v) is 4.52. The van der Waals surface area contributed by atoms with Gasteiger partial charge in [-0.2, -0.15) is 0 Å². The van der Waals surface area contributed by atoms with E-state index < -0.39 is 0 Å². The lowest BCUT2D eigenvalue weighted by Gasteiger charge is -2.38. The van der Waals surface area contributed by atoms with Crippen LogP contribution in [-0.2, 0) is 4.74 Å². The molecule has 2 atom stereocenters. The summed E-state index contributed by atoms with van der Waals surface area (Å²) in [5.74, 6) is 0.292. The van der Waals surface area contributed by atoms with Crippen LogP contribution in [-0.4, -0.2) is 12.1 Å². The van der Waals surface area contributed by atoms with Gasteiger partial charge in [-0.1, -0.05) is 20.8 Å². The zero-order valence-electron chi connectivity index (χ0n) is 12.3. The van der Waals surface area contributed by atoms with E-state index in [1.54, 1.807) is 18.2 Å². The molecule has 1 aromatic carbocycles. The number of rotatable bonds is 2. The molecule has 1 aromatic rings. The Bertz CT molecular complexity index is 513. The van der Waals surface area contributed by atoms with Crippen molar-refractivity contribution < 1.29 is 9.53 Å². The molecule has 1 aliphatic carbocycles. The maximum Gasteiger partial charge on any atom is 0.339 e. The molecule has 1 fully saturated rings. The van der Waals surface area contributed by atoms with Crippen molar-refractivity contribution >= 4 is 27.6 Å². The van der Waals surface area contributed by atoms with E-state index in [0.29, 0.717) is 17.2 Å². The molecule has 1 aliphatic rings. The second kappa shape index (κ2) is 5.76. The summed E-state index contributed by atoms with van der Waals surface area (Å²) in [5, 5.41) is 0. The molecular weight excluding hydrogens is 318 g/mol. The monoisotopic (exact) mass is 339 g/mol. The summed E-state index contributed by atoms with van der Waals surface area (Å²) in [4.78, 5) is 12.3. The number of esters is 1. The topological polar surface area (TPSA) is 52.3 Å². The molecule has 0 saturated heterocycles. The molecule has 2 rings (SSSR count). The summed E-state index contributed by atoms with van der Waals surface area (Å²) >= 11 is 3.37. The Morgan fingerprint density at radius 1 is 1.40 bits per heavy atom. The molecular formula is C16H22BrNO2. The molecule has 0 radical (unpaired) electrons. The van der Waals surface area contributed by atoms with Crippen molar-refractivity contribution in [1.29, 1.82) is 0 Å². The third-order valence-electron chi connectivity index (χ3n) is 3.83. The molecule has 4 heteroatoms. The Kier molecular flexibility index (Phi) is 4.43. The maximum absolute atomic E-state index is 12.3. The van der Waals surface area contributed by atoms with E-state index >= 15 is 0 Å². The van der Waals surface area contributed by atoms with Crippen LogP contribution in [0.2, 0.25) is 0 Å². The van der Waals surface area contributed by atoms with Crippen LogP contribution in [0, 0.1) is 11.3 Å². The van der Waals surface area contributed by atoms with Crippen molar-refractivity contribution in [3.05, 3.63) is 28.2 Å². The maximum atomic E-state index is 12.3. The summed E-state index contributed by atoms with van der Waals surface area (Å²) in [7, 11) is 0. The molecule has 1 saturated carbocycles. The highest BCUT2D eigenvalue weighted by atomic mass is 79.9. The minimum absolute atomic E-state index is 0.00502. The average molecular weight is 340 g/mol. The van der Waals surface area contributed by atoms with E-state index in [9.17, 15) is 4.79 Å². The molecule has 0 spiro atoms. The molecule has 0 aromatic heterocycles. The Morgan fingerprint density at radius 3 is 2.75 bits per heavy atom. The number of nitrogens with two attached hydrogens (primary N) is 1. The van der Waals surface area contributed by atoms with Crippen molar-refractivity contribution in [2.24, 2.45) is 11.3 Å². The Labute approximate surface area is 129 Å². The van der Waals surface area contributed by atoms with E-state index in [1.807, 2.05) is 0 Å². The van der Waals surface area contributed by atoms with Crippen molar-refractivity contribution in [2.75, 3.05) is 5.73 Å². The van der Waals surface area contributed by atoms with Gasteiger partial charge in [0, 0.05) is 10.2 Å². The van der Waals surface area contributed by atoms with Crippen LogP contribution in [0.15, 0.2) is 22.7 Å². The molecule has 0 bridgehead atoms. The van der Waals surface area contributed by atoms with E-state index in [-0.39, 0.29) is 17.5 Å². The van der Waals surface area contributed by atoms with Gasteiger partial charge in [-0.3, -0.25) is 0 Å². The van der Waals surface area contributed by atoms with Gasteiger partial charge in [0.1, 0.15) is 6.10 Å². The SMILES string of the molecule is CC1CC(OC(=O)c2cc(N)ccc2Br)CC(C)(C)C1. The summed E-state index contributed by atoms with van der Waals surface area (Å²) in [6.45, 7) is 6.69. The van der Waals surface area contributed by atoms with Gasteiger partial charge >= 0.3 is 5.97 Å². The standard InChI is InChI=1S/C16H22BrNO2/c1-10-6-12(9-16(2,3)8-10)20-15(19)13-7-11(18)4-5-14(13)17/h4-5,7,10,12H,6,8-9,18H2,1-3H3. The predicted octanol–water partition coefficient (Wildman–Crippen LogP) is 4.40. The lowest BCUT2D eigenvalue weighted by molar-refractivity contribution is -0.00722. The fraction of sp³-hybridized carbons (Fsp3) is 0.562. The van der Waals surface area contributed by atoms with E-state index in [1.165, 1.54) is 6.42 Å². The number of nitrogen functional groups attached to an aromatic ring is 1. The summed E-state index contributed by atoms with van der Waals surface area (Å²) in [6, 6.07) is 5.19. The number of hydrogen-bond acceptors (Lipinski definition) is 3. The molecule has 20 heavy (non-hydrogen) atoms. The Hall–Kier alpha value is -1.03. The first-order chi connectivity index (χ1) is 9.27. The van der Waals surface area contributed by atoms with Gasteiger partial charge in [0.05, 0.1) is 5.56 Å². The summed E-state index contributed by atoms with van der Waals surface area (Å²) in [5.41, 5.74) is 7.03. The second-order valence-corrected chi connectivity index (χ2v) is 7.53. The van der Waals surface area contributed by atoms with Crippen molar-refractivity contribution in [2.45, 2.75) is 46.1 Å². The molecule has 2 unspecified atom stereocenters. The van der Waals surface area contributed by atoms with Crippen molar-refractivity contribution in [3.8, 4) is 0 Å². The molecule has 110 valence electrons. The fourth-order valence-electron chi connectivity index (χ4n) is 3.26. The number of ether oxygens (including phenoxy) is 1. The fourth-order valence-corrected chi connectivity index (χ4v) is 3.67. The summed E-state index contributed by atoms with van der Waals surface area (Å²) in [6.07, 6.45) is 3.04. The molecule has 0 heterocycles. The lowest BCUT2D eigenvalue weighted by atomic mass is 9.71. The Morgan fingerprint density at radius 2 is 2.10 bits per heavy atom. The second-order valence-electron chi connectivity index (χ2n) is 6.68. The normalized spacial score (nSPS) is 25.2. The lowest BCUT2D eigenvalue weighted by Crippen LogP contribution is -2.34. The van der Waals surface area contributed by atoms with Crippen molar-refractivity contribution in [3.63, 3.8) is 0 Å². The largest absolute Gasteiger partial charge is 0.459 e. The smallest absolute Gasteiger partial charge is 0.339 e. The van der Waals surface area contributed by atoms with Gasteiger partial charge < -0.3 is 10.5 Å². The number of anilines is 1. The first-order valence-corrected chi connectivity index (χ1v) is 7.82. The van der Waals surface area contributed by atoms with Gasteiger partial charge in [0.2, 0.25) is 0 Å². The van der Waals surface area contributed by atoms with Gasteiger partial charge in [-0.05, 0) is 64.7 Å².